The molecule has 4 aromatic heterocycles. The molecule has 2 aliphatic heterocycles. The van der Waals surface area contributed by atoms with Crippen LogP contribution in [0.1, 0.15) is 17.7 Å². The van der Waals surface area contributed by atoms with Gasteiger partial charge >= 0.3 is 0 Å². The first-order valence-corrected chi connectivity index (χ1v) is 15.6. The van der Waals surface area contributed by atoms with E-state index in [-0.39, 0.29) is 24.4 Å². The molecule has 0 unspecified atom stereocenters. The fourth-order valence-corrected chi connectivity index (χ4v) is 5.89. The fourth-order valence-electron chi connectivity index (χ4n) is 5.89. The van der Waals surface area contributed by atoms with Crippen molar-refractivity contribution in [2.75, 3.05) is 61.5 Å². The lowest BCUT2D eigenvalue weighted by Gasteiger charge is -2.27. The molecule has 1 atom stereocenters. The summed E-state index contributed by atoms with van der Waals surface area (Å²) in [4.78, 5) is 38.1. The number of aryl methyl sites for hydroxylation is 3. The number of fused-ring (bicyclic) bond motifs is 1. The number of H-pyrrole nitrogens is 1. The molecule has 5 aromatic rings. The highest BCUT2D eigenvalue weighted by Crippen LogP contribution is 2.33. The molecule has 14 nitrogen and oxygen atoms in total. The Bertz CT molecular complexity index is 1900. The fraction of sp³-hybridized carbons (Fsp3) is 0.375. The maximum atomic E-state index is 14.5. The zero-order valence-corrected chi connectivity index (χ0v) is 26.5. The van der Waals surface area contributed by atoms with Gasteiger partial charge < -0.3 is 30.0 Å². The molecule has 2 aliphatic rings. The third-order valence-corrected chi connectivity index (χ3v) is 8.44. The molecule has 3 N–H and O–H groups in total. The van der Waals surface area contributed by atoms with Crippen molar-refractivity contribution in [1.82, 2.24) is 39.6 Å². The van der Waals surface area contributed by atoms with E-state index in [1.54, 1.807) is 10.9 Å². The van der Waals surface area contributed by atoms with Crippen LogP contribution in [0.4, 0.5) is 27.8 Å². The molecule has 2 saturated heterocycles. The van der Waals surface area contributed by atoms with Gasteiger partial charge in [0.2, 0.25) is 23.6 Å². The Hall–Kier alpha value is -5.15. The molecule has 6 heterocycles. The Labute approximate surface area is 270 Å². The van der Waals surface area contributed by atoms with Crippen molar-refractivity contribution in [3.8, 4) is 17.1 Å². The molecule has 0 aliphatic carbocycles. The van der Waals surface area contributed by atoms with Gasteiger partial charge in [-0.1, -0.05) is 12.1 Å². The van der Waals surface area contributed by atoms with E-state index >= 15 is 0 Å². The summed E-state index contributed by atoms with van der Waals surface area (Å²) in [6.45, 7) is 7.64. The molecule has 7 rings (SSSR count). The largest absolute Gasteiger partial charge is 0.471 e. The number of carbonyl (C=O) groups excluding carboxylic acids is 1. The van der Waals surface area contributed by atoms with E-state index < -0.39 is 5.82 Å². The maximum Gasteiger partial charge on any atom is 0.255 e. The second-order valence-electron chi connectivity index (χ2n) is 11.8. The Kier molecular flexibility index (Phi) is 8.39. The zero-order valence-electron chi connectivity index (χ0n) is 26.5. The first-order chi connectivity index (χ1) is 22.8. The minimum atomic E-state index is -0.607. The SMILES string of the molecule is Cc1cnc(Nc2cc(C)n(C)n2)nc1-c1c[nH]c2c(NC(=O)CN3CC[C@H](Oc4nc(N5CCOCC5)ncc4F)C3)cccc12. The highest BCUT2D eigenvalue weighted by molar-refractivity contribution is 6.06. The number of anilines is 4. The number of benzene rings is 1. The van der Waals surface area contributed by atoms with Crippen LogP contribution in [0.5, 0.6) is 5.88 Å². The summed E-state index contributed by atoms with van der Waals surface area (Å²) in [6, 6.07) is 7.69. The number of aromatic amines is 1. The topological polar surface area (TPSA) is 151 Å². The van der Waals surface area contributed by atoms with Crippen LogP contribution >= 0.6 is 0 Å². The van der Waals surface area contributed by atoms with Crippen LogP contribution in [0, 0.1) is 19.7 Å². The number of likely N-dealkylation sites (tertiary alicyclic amines) is 1. The second kappa shape index (κ2) is 12.9. The number of hydrogen-bond donors (Lipinski definition) is 3. The first kappa shape index (κ1) is 30.5. The Morgan fingerprint density at radius 3 is 2.81 bits per heavy atom. The summed E-state index contributed by atoms with van der Waals surface area (Å²) in [5.74, 6) is 0.693. The standard InChI is InChI=1S/C32H36FN11O3/c1-19-14-35-31(38-26-13-20(2)42(3)41-26)39-28(19)23-15-34-29-22(23)5-4-6-25(29)37-27(45)18-43-8-7-21(17-43)47-30-24(33)16-36-32(40-30)44-9-11-46-12-10-44/h4-6,13-16,21,34H,7-12,17-18H2,1-3H3,(H,37,45)(H,35,38,39,41)/t21-/m0/s1. The van der Waals surface area contributed by atoms with E-state index in [1.165, 1.54) is 0 Å². The van der Waals surface area contributed by atoms with Crippen LogP contribution in [0.2, 0.25) is 0 Å². The molecule has 1 amide bonds. The predicted molar refractivity (Wildman–Crippen MR) is 174 cm³/mol. The molecule has 0 saturated carbocycles. The Morgan fingerprint density at radius 2 is 2.00 bits per heavy atom. The van der Waals surface area contributed by atoms with Crippen molar-refractivity contribution < 1.29 is 18.7 Å². The smallest absolute Gasteiger partial charge is 0.255 e. The van der Waals surface area contributed by atoms with Crippen molar-refractivity contribution in [2.24, 2.45) is 7.05 Å². The van der Waals surface area contributed by atoms with Crippen molar-refractivity contribution in [3.63, 3.8) is 0 Å². The maximum absolute atomic E-state index is 14.5. The van der Waals surface area contributed by atoms with Gasteiger partial charge in [-0.3, -0.25) is 14.4 Å². The number of hydrogen-bond acceptors (Lipinski definition) is 11. The van der Waals surface area contributed by atoms with E-state index in [0.29, 0.717) is 69.2 Å². The van der Waals surface area contributed by atoms with E-state index in [9.17, 15) is 9.18 Å². The molecule has 0 spiro atoms. The summed E-state index contributed by atoms with van der Waals surface area (Å²) >= 11 is 0. The van der Waals surface area contributed by atoms with Crippen LogP contribution in [0.15, 0.2) is 42.9 Å². The summed E-state index contributed by atoms with van der Waals surface area (Å²) in [6.07, 6.45) is 5.17. The van der Waals surface area contributed by atoms with Gasteiger partial charge in [0.15, 0.2) is 5.82 Å². The minimum Gasteiger partial charge on any atom is -0.471 e. The summed E-state index contributed by atoms with van der Waals surface area (Å²) in [7, 11) is 1.88. The number of rotatable bonds is 9. The molecule has 15 heteroatoms. The lowest BCUT2D eigenvalue weighted by Crippen LogP contribution is -2.37. The highest BCUT2D eigenvalue weighted by atomic mass is 19.1. The monoisotopic (exact) mass is 641 g/mol. The molecule has 0 radical (unpaired) electrons. The summed E-state index contributed by atoms with van der Waals surface area (Å²) < 4.78 is 27.6. The number of morpholine rings is 1. The number of aromatic nitrogens is 7. The molecule has 1 aromatic carbocycles. The van der Waals surface area contributed by atoms with Gasteiger partial charge in [0.25, 0.3) is 5.88 Å². The van der Waals surface area contributed by atoms with Crippen LogP contribution < -0.4 is 20.3 Å². The van der Waals surface area contributed by atoms with Crippen LogP contribution in [0.25, 0.3) is 22.2 Å². The number of nitrogens with zero attached hydrogens (tertiary/aromatic N) is 8. The highest BCUT2D eigenvalue weighted by Gasteiger charge is 2.28. The molecular formula is C32H36FN11O3. The quantitative estimate of drug-likeness (QED) is 0.217. The molecule has 0 bridgehead atoms. The number of amides is 1. The van der Waals surface area contributed by atoms with Gasteiger partial charge in [-0.15, -0.1) is 0 Å². The molecular weight excluding hydrogens is 605 g/mol. The zero-order chi connectivity index (χ0) is 32.5. The Balaban J connectivity index is 0.999. The third kappa shape index (κ3) is 6.57. The minimum absolute atomic E-state index is 0.0688. The van der Waals surface area contributed by atoms with Gasteiger partial charge in [-0.2, -0.15) is 14.5 Å². The number of halogens is 1. The molecule has 244 valence electrons. The average Bonchev–Trinajstić information content (AvgIpc) is 3.78. The van der Waals surface area contributed by atoms with E-state index in [0.717, 1.165) is 39.6 Å². The number of ether oxygens (including phenoxy) is 2. The molecule has 2 fully saturated rings. The van der Waals surface area contributed by atoms with Crippen LogP contribution in [-0.2, 0) is 16.6 Å². The lowest BCUT2D eigenvalue weighted by molar-refractivity contribution is -0.117. The number of para-hydroxylation sites is 1. The van der Waals surface area contributed by atoms with Crippen LogP contribution in [0.3, 0.4) is 0 Å². The van der Waals surface area contributed by atoms with Gasteiger partial charge in [0.1, 0.15) is 6.10 Å². The van der Waals surface area contributed by atoms with Crippen molar-refractivity contribution in [1.29, 1.82) is 0 Å². The molecule has 47 heavy (non-hydrogen) atoms. The summed E-state index contributed by atoms with van der Waals surface area (Å²) in [5, 5.41) is 11.6. The Morgan fingerprint density at radius 1 is 1.15 bits per heavy atom. The van der Waals surface area contributed by atoms with E-state index in [2.05, 4.69) is 35.7 Å². The lowest BCUT2D eigenvalue weighted by atomic mass is 10.1. The normalized spacial score (nSPS) is 16.9. The third-order valence-electron chi connectivity index (χ3n) is 8.44. The van der Waals surface area contributed by atoms with Gasteiger partial charge in [-0.25, -0.2) is 15.0 Å². The first-order valence-electron chi connectivity index (χ1n) is 15.6. The predicted octanol–water partition coefficient (Wildman–Crippen LogP) is 3.58. The van der Waals surface area contributed by atoms with Gasteiger partial charge in [0.05, 0.1) is 42.9 Å². The van der Waals surface area contributed by atoms with Crippen molar-refractivity contribution in [3.05, 3.63) is 59.9 Å². The number of nitrogens with one attached hydrogen (secondary N) is 3. The second-order valence-corrected chi connectivity index (χ2v) is 11.8. The van der Waals surface area contributed by atoms with Gasteiger partial charge in [0, 0.05) is 68.3 Å². The van der Waals surface area contributed by atoms with Gasteiger partial charge in [-0.05, 0) is 31.9 Å². The average molecular weight is 642 g/mol. The number of carbonyl (C=O) groups is 1. The summed E-state index contributed by atoms with van der Waals surface area (Å²) in [5.41, 5.74) is 5.04. The van der Waals surface area contributed by atoms with Crippen LogP contribution in [-0.4, -0.2) is 97.5 Å². The van der Waals surface area contributed by atoms with E-state index in [1.807, 2.05) is 61.2 Å². The van der Waals surface area contributed by atoms with E-state index in [4.69, 9.17) is 14.5 Å². The van der Waals surface area contributed by atoms with Crippen molar-refractivity contribution in [2.45, 2.75) is 26.4 Å². The van der Waals surface area contributed by atoms with Crippen molar-refractivity contribution >= 4 is 40.2 Å².